The third-order valence-corrected chi connectivity index (χ3v) is 10.7. The lowest BCUT2D eigenvalue weighted by atomic mass is 9.95. The topological polar surface area (TPSA) is 76.2 Å². The fraction of sp³-hybridized carbons (Fsp3) is 0.405. The van der Waals surface area contributed by atoms with Crippen LogP contribution in [-0.4, -0.2) is 104 Å². The van der Waals surface area contributed by atoms with Crippen LogP contribution in [0.2, 0.25) is 0 Å². The van der Waals surface area contributed by atoms with E-state index in [0.29, 0.717) is 44.0 Å². The molecule has 0 bridgehead atoms. The first-order valence-corrected chi connectivity index (χ1v) is 17.9. The van der Waals surface area contributed by atoms with E-state index in [1.807, 2.05) is 66.5 Å². The van der Waals surface area contributed by atoms with Gasteiger partial charge in [0.1, 0.15) is 11.6 Å². The predicted octanol–water partition coefficient (Wildman–Crippen LogP) is 5.43. The highest BCUT2D eigenvalue weighted by atomic mass is 16.2. The third-order valence-electron chi connectivity index (χ3n) is 10.7. The highest BCUT2D eigenvalue weighted by Gasteiger charge is 2.66. The summed E-state index contributed by atoms with van der Waals surface area (Å²) in [6.45, 7) is 2.93. The molecular weight excluding hydrogens is 622 g/mol. The second-order valence-corrected chi connectivity index (χ2v) is 14.6. The summed E-state index contributed by atoms with van der Waals surface area (Å²) in [7, 11) is 9.52. The van der Waals surface area contributed by atoms with Crippen molar-refractivity contribution in [1.29, 1.82) is 0 Å². The molecule has 1 aliphatic heterocycles. The summed E-state index contributed by atoms with van der Waals surface area (Å²) in [6.07, 6.45) is 2.91. The van der Waals surface area contributed by atoms with Crippen LogP contribution in [0.3, 0.4) is 0 Å². The van der Waals surface area contributed by atoms with Crippen LogP contribution in [-0.2, 0) is 22.6 Å². The number of rotatable bonds is 12. The SMILES string of the molecule is CNCc1cccc(C(=O)N(C)[C@H](Cc2ccc3ccccc3c2)C(=O)N(C)C2(C(=O)N3CCC[C@@H](CN(C)C)C3)C[C@@H]2c2ccccc2)c1. The maximum atomic E-state index is 15.1. The molecule has 262 valence electrons. The van der Waals surface area contributed by atoms with Crippen LogP contribution in [0, 0.1) is 5.92 Å². The van der Waals surface area contributed by atoms with E-state index in [1.165, 1.54) is 0 Å². The Morgan fingerprint density at radius 2 is 1.60 bits per heavy atom. The summed E-state index contributed by atoms with van der Waals surface area (Å²) in [6, 6.07) is 31.2. The van der Waals surface area contributed by atoms with Gasteiger partial charge >= 0.3 is 0 Å². The van der Waals surface area contributed by atoms with Crippen molar-refractivity contribution in [2.24, 2.45) is 5.92 Å². The predicted molar refractivity (Wildman–Crippen MR) is 200 cm³/mol. The van der Waals surface area contributed by atoms with Gasteiger partial charge in [-0.1, -0.05) is 84.9 Å². The molecule has 1 N–H and O–H groups in total. The van der Waals surface area contributed by atoms with Crippen molar-refractivity contribution in [3.05, 3.63) is 119 Å². The van der Waals surface area contributed by atoms with E-state index in [4.69, 9.17) is 0 Å². The zero-order chi connectivity index (χ0) is 35.4. The summed E-state index contributed by atoms with van der Waals surface area (Å²) in [4.78, 5) is 51.6. The Bertz CT molecular complexity index is 1830. The first-order chi connectivity index (χ1) is 24.1. The molecule has 6 rings (SSSR count). The zero-order valence-corrected chi connectivity index (χ0v) is 30.1. The van der Waals surface area contributed by atoms with Gasteiger partial charge in [0.25, 0.3) is 5.91 Å². The molecule has 50 heavy (non-hydrogen) atoms. The van der Waals surface area contributed by atoms with Crippen LogP contribution < -0.4 is 5.32 Å². The van der Waals surface area contributed by atoms with Crippen LogP contribution in [0.5, 0.6) is 0 Å². The zero-order valence-electron chi connectivity index (χ0n) is 30.1. The van der Waals surface area contributed by atoms with Crippen molar-refractivity contribution in [1.82, 2.24) is 24.9 Å². The van der Waals surface area contributed by atoms with Crippen molar-refractivity contribution in [3.8, 4) is 0 Å². The Morgan fingerprint density at radius 1 is 0.860 bits per heavy atom. The number of fused-ring (bicyclic) bond motifs is 1. The number of amides is 3. The molecule has 0 aromatic heterocycles. The van der Waals surface area contributed by atoms with Crippen LogP contribution in [0.4, 0.5) is 0 Å². The van der Waals surface area contributed by atoms with Crippen molar-refractivity contribution in [2.75, 3.05) is 54.9 Å². The van der Waals surface area contributed by atoms with Gasteiger partial charge < -0.3 is 24.9 Å². The number of benzene rings is 4. The summed E-state index contributed by atoms with van der Waals surface area (Å²) in [5.74, 6) is -0.176. The van der Waals surface area contributed by atoms with Gasteiger partial charge in [0.15, 0.2) is 0 Å². The number of piperidine rings is 1. The second kappa shape index (κ2) is 15.2. The number of nitrogens with one attached hydrogen (secondary N) is 1. The van der Waals surface area contributed by atoms with E-state index in [9.17, 15) is 9.59 Å². The molecule has 1 aliphatic carbocycles. The molecule has 2 aliphatic rings. The lowest BCUT2D eigenvalue weighted by Crippen LogP contribution is -2.59. The lowest BCUT2D eigenvalue weighted by molar-refractivity contribution is -0.150. The molecule has 0 spiro atoms. The van der Waals surface area contributed by atoms with Crippen molar-refractivity contribution >= 4 is 28.5 Å². The molecule has 4 aromatic carbocycles. The number of hydrogen-bond acceptors (Lipinski definition) is 5. The summed E-state index contributed by atoms with van der Waals surface area (Å²) < 4.78 is 0. The monoisotopic (exact) mass is 673 g/mol. The highest BCUT2D eigenvalue weighted by molar-refractivity contribution is 6.01. The Labute approximate surface area is 297 Å². The molecule has 8 nitrogen and oxygen atoms in total. The number of hydrogen-bond donors (Lipinski definition) is 1. The fourth-order valence-electron chi connectivity index (χ4n) is 8.03. The number of carbonyl (C=O) groups excluding carboxylic acids is 3. The van der Waals surface area contributed by atoms with E-state index in [2.05, 4.69) is 60.7 Å². The molecule has 1 heterocycles. The van der Waals surface area contributed by atoms with E-state index in [-0.39, 0.29) is 23.6 Å². The van der Waals surface area contributed by atoms with E-state index in [0.717, 1.165) is 46.8 Å². The third kappa shape index (κ3) is 7.32. The molecule has 0 radical (unpaired) electrons. The molecule has 1 saturated heterocycles. The first kappa shape index (κ1) is 35.3. The molecule has 4 atom stereocenters. The van der Waals surface area contributed by atoms with Crippen LogP contribution in [0.1, 0.15) is 52.2 Å². The summed E-state index contributed by atoms with van der Waals surface area (Å²) in [5.41, 5.74) is 2.51. The van der Waals surface area contributed by atoms with Gasteiger partial charge in [-0.05, 0) is 85.9 Å². The highest BCUT2D eigenvalue weighted by Crippen LogP contribution is 2.56. The van der Waals surface area contributed by atoms with Crippen molar-refractivity contribution < 1.29 is 14.4 Å². The molecule has 8 heteroatoms. The smallest absolute Gasteiger partial charge is 0.254 e. The maximum Gasteiger partial charge on any atom is 0.254 e. The van der Waals surface area contributed by atoms with Crippen LogP contribution >= 0.6 is 0 Å². The van der Waals surface area contributed by atoms with Gasteiger partial charge in [-0.3, -0.25) is 14.4 Å². The van der Waals surface area contributed by atoms with E-state index in [1.54, 1.807) is 30.0 Å². The Balaban J connectivity index is 1.36. The minimum atomic E-state index is -1.02. The quantitative estimate of drug-likeness (QED) is 0.217. The summed E-state index contributed by atoms with van der Waals surface area (Å²) >= 11 is 0. The Kier molecular flexibility index (Phi) is 10.7. The number of nitrogens with zero attached hydrogens (tertiary/aromatic N) is 4. The molecule has 1 unspecified atom stereocenters. The average molecular weight is 674 g/mol. The second-order valence-electron chi connectivity index (χ2n) is 14.6. The normalized spacial score (nSPS) is 20.8. The van der Waals surface area contributed by atoms with Gasteiger partial charge in [-0.25, -0.2) is 0 Å². The fourth-order valence-corrected chi connectivity index (χ4v) is 8.03. The van der Waals surface area contributed by atoms with Gasteiger partial charge in [-0.15, -0.1) is 0 Å². The largest absolute Gasteiger partial charge is 0.340 e. The minimum Gasteiger partial charge on any atom is -0.340 e. The van der Waals surface area contributed by atoms with E-state index < -0.39 is 11.6 Å². The lowest BCUT2D eigenvalue weighted by Gasteiger charge is -2.40. The van der Waals surface area contributed by atoms with Crippen LogP contribution in [0.25, 0.3) is 10.8 Å². The standard InChI is InChI=1S/C42H51N5O3/c1-43-27-31-13-11-19-36(24-31)39(48)45(4)38(25-30-20-21-33-15-9-10-18-35(33)23-30)40(49)46(5)42(26-37(42)34-16-7-6-8-17-34)41(50)47-22-12-14-32(29-47)28-44(2)3/h6-11,13,15-21,23-24,32,37-38,43H,12,14,22,25-29H2,1-5H3/t32-,37+,38+,42?/m0/s1. The van der Waals surface area contributed by atoms with Crippen molar-refractivity contribution in [3.63, 3.8) is 0 Å². The molecule has 2 fully saturated rings. The maximum absolute atomic E-state index is 15.1. The van der Waals surface area contributed by atoms with Gasteiger partial charge in [0, 0.05) is 58.2 Å². The molecule has 3 amide bonds. The number of likely N-dealkylation sites (tertiary alicyclic amines) is 1. The molecule has 1 saturated carbocycles. The average Bonchev–Trinajstić information content (AvgIpc) is 3.90. The molecular formula is C42H51N5O3. The minimum absolute atomic E-state index is 0.0175. The number of carbonyl (C=O) groups is 3. The van der Waals surface area contributed by atoms with E-state index >= 15 is 4.79 Å². The summed E-state index contributed by atoms with van der Waals surface area (Å²) in [5, 5.41) is 5.34. The number of likely N-dealkylation sites (N-methyl/N-ethyl adjacent to an activating group) is 2. The van der Waals surface area contributed by atoms with Gasteiger partial charge in [0.05, 0.1) is 0 Å². The van der Waals surface area contributed by atoms with Gasteiger partial charge in [0.2, 0.25) is 11.8 Å². The van der Waals surface area contributed by atoms with Crippen LogP contribution in [0.15, 0.2) is 97.1 Å². The van der Waals surface area contributed by atoms with Gasteiger partial charge in [-0.2, -0.15) is 0 Å². The molecule has 4 aromatic rings. The Morgan fingerprint density at radius 3 is 2.34 bits per heavy atom. The first-order valence-electron chi connectivity index (χ1n) is 17.9. The van der Waals surface area contributed by atoms with Crippen molar-refractivity contribution in [2.45, 2.75) is 49.7 Å². The Hall–Kier alpha value is -4.53.